The van der Waals surface area contributed by atoms with Crippen LogP contribution in [0.2, 0.25) is 0 Å². The van der Waals surface area contributed by atoms with E-state index in [0.717, 1.165) is 18.5 Å². The summed E-state index contributed by atoms with van der Waals surface area (Å²) >= 11 is 0. The van der Waals surface area contributed by atoms with Crippen LogP contribution in [0.3, 0.4) is 0 Å². The van der Waals surface area contributed by atoms with Gasteiger partial charge < -0.3 is 14.8 Å². The molecule has 6 heteroatoms. The summed E-state index contributed by atoms with van der Waals surface area (Å²) in [5, 5.41) is 0. The first-order valence-electron chi connectivity index (χ1n) is 8.64. The Bertz CT molecular complexity index is 790. The average molecular weight is 341 g/mol. The van der Waals surface area contributed by atoms with Crippen molar-refractivity contribution in [2.24, 2.45) is 5.92 Å². The minimum Gasteiger partial charge on any atom is -0.363 e. The van der Waals surface area contributed by atoms with E-state index in [1.165, 1.54) is 11.0 Å². The van der Waals surface area contributed by atoms with Gasteiger partial charge in [0, 0.05) is 31.4 Å². The van der Waals surface area contributed by atoms with Gasteiger partial charge in [-0.2, -0.15) is 0 Å². The molecule has 2 atom stereocenters. The molecule has 1 N–H and O–H groups in total. The van der Waals surface area contributed by atoms with Crippen LogP contribution in [-0.4, -0.2) is 34.8 Å². The number of hydrogen-bond acceptors (Lipinski definition) is 2. The molecule has 0 bridgehead atoms. The quantitative estimate of drug-likeness (QED) is 0.933. The SMILES string of the molecule is O=C1C[C@@H](C(=O)N2CCC[C@@H]2c2ccc[nH]2)CN1c1ccccc1F. The van der Waals surface area contributed by atoms with Gasteiger partial charge in [0.2, 0.25) is 11.8 Å². The van der Waals surface area contributed by atoms with Crippen LogP contribution >= 0.6 is 0 Å². The first-order valence-corrected chi connectivity index (χ1v) is 8.64. The topological polar surface area (TPSA) is 56.4 Å². The van der Waals surface area contributed by atoms with Crippen LogP contribution in [0, 0.1) is 11.7 Å². The Morgan fingerprint density at radius 2 is 2.04 bits per heavy atom. The first kappa shape index (κ1) is 15.9. The fraction of sp³-hybridized carbons (Fsp3) is 0.368. The molecule has 2 aliphatic heterocycles. The Morgan fingerprint density at radius 1 is 1.20 bits per heavy atom. The Kier molecular flexibility index (Phi) is 4.03. The number of para-hydroxylation sites is 1. The van der Waals surface area contributed by atoms with Gasteiger partial charge in [0.05, 0.1) is 17.6 Å². The molecule has 1 aromatic carbocycles. The molecule has 0 unspecified atom stereocenters. The molecule has 0 saturated carbocycles. The first-order chi connectivity index (χ1) is 12.1. The Hall–Kier alpha value is -2.63. The third kappa shape index (κ3) is 2.81. The fourth-order valence-electron chi connectivity index (χ4n) is 3.92. The van der Waals surface area contributed by atoms with Crippen LogP contribution in [0.25, 0.3) is 0 Å². The van der Waals surface area contributed by atoms with Crippen LogP contribution in [0.15, 0.2) is 42.6 Å². The van der Waals surface area contributed by atoms with Crippen molar-refractivity contribution in [2.45, 2.75) is 25.3 Å². The highest BCUT2D eigenvalue weighted by atomic mass is 19.1. The maximum atomic E-state index is 14.0. The number of aromatic amines is 1. The molecule has 25 heavy (non-hydrogen) atoms. The zero-order chi connectivity index (χ0) is 17.4. The third-order valence-corrected chi connectivity index (χ3v) is 5.13. The normalized spacial score (nSPS) is 23.5. The number of carbonyl (C=O) groups excluding carboxylic acids is 2. The minimum atomic E-state index is -0.436. The Balaban J connectivity index is 1.52. The largest absolute Gasteiger partial charge is 0.363 e. The van der Waals surface area contributed by atoms with Crippen LogP contribution in [-0.2, 0) is 9.59 Å². The monoisotopic (exact) mass is 341 g/mol. The summed E-state index contributed by atoms with van der Waals surface area (Å²) in [4.78, 5) is 31.8. The smallest absolute Gasteiger partial charge is 0.228 e. The van der Waals surface area contributed by atoms with Gasteiger partial charge in [0.25, 0.3) is 0 Å². The van der Waals surface area contributed by atoms with Crippen LogP contribution in [0.5, 0.6) is 0 Å². The van der Waals surface area contributed by atoms with Gasteiger partial charge in [0.15, 0.2) is 0 Å². The number of nitrogens with zero attached hydrogens (tertiary/aromatic N) is 2. The number of hydrogen-bond donors (Lipinski definition) is 1. The van der Waals surface area contributed by atoms with Crippen LogP contribution < -0.4 is 4.90 Å². The van der Waals surface area contributed by atoms with E-state index >= 15 is 0 Å². The molecule has 4 rings (SSSR count). The van der Waals surface area contributed by atoms with Gasteiger partial charge >= 0.3 is 0 Å². The van der Waals surface area contributed by atoms with Gasteiger partial charge in [-0.05, 0) is 37.1 Å². The predicted octanol–water partition coefficient (Wildman–Crippen LogP) is 2.87. The van der Waals surface area contributed by atoms with E-state index in [4.69, 9.17) is 0 Å². The number of anilines is 1. The lowest BCUT2D eigenvalue weighted by Gasteiger charge is -2.27. The van der Waals surface area contributed by atoms with Crippen molar-refractivity contribution in [1.29, 1.82) is 0 Å². The standard InChI is InChI=1S/C19H20FN3O2/c20-14-5-1-2-7-16(14)23-12-13(11-18(23)24)19(25)22-10-4-8-17(22)15-6-3-9-21-15/h1-3,5-7,9,13,17,21H,4,8,10-12H2/t13-,17-/m1/s1. The van der Waals surface area contributed by atoms with E-state index in [0.29, 0.717) is 6.54 Å². The molecule has 2 amide bonds. The number of halogens is 1. The van der Waals surface area contributed by atoms with Crippen molar-refractivity contribution in [3.8, 4) is 0 Å². The lowest BCUT2D eigenvalue weighted by atomic mass is 10.1. The van der Waals surface area contributed by atoms with Crippen molar-refractivity contribution in [3.05, 3.63) is 54.1 Å². The number of nitrogens with one attached hydrogen (secondary N) is 1. The van der Waals surface area contributed by atoms with E-state index < -0.39 is 11.7 Å². The summed E-state index contributed by atoms with van der Waals surface area (Å²) < 4.78 is 14.0. The molecule has 2 aromatic rings. The molecule has 2 saturated heterocycles. The molecule has 5 nitrogen and oxygen atoms in total. The van der Waals surface area contributed by atoms with Gasteiger partial charge in [-0.3, -0.25) is 9.59 Å². The maximum Gasteiger partial charge on any atom is 0.228 e. The molecular weight excluding hydrogens is 321 g/mol. The van der Waals surface area contributed by atoms with Gasteiger partial charge in [0.1, 0.15) is 5.82 Å². The molecular formula is C19H20FN3O2. The molecule has 2 fully saturated rings. The zero-order valence-electron chi connectivity index (χ0n) is 13.8. The second kappa shape index (κ2) is 6.35. The second-order valence-electron chi connectivity index (χ2n) is 6.67. The number of aromatic nitrogens is 1. The molecule has 0 radical (unpaired) electrons. The van der Waals surface area contributed by atoms with Gasteiger partial charge in [-0.25, -0.2) is 4.39 Å². The summed E-state index contributed by atoms with van der Waals surface area (Å²) in [6, 6.07) is 10.2. The second-order valence-corrected chi connectivity index (χ2v) is 6.67. The highest BCUT2D eigenvalue weighted by Gasteiger charge is 2.41. The third-order valence-electron chi connectivity index (χ3n) is 5.13. The lowest BCUT2D eigenvalue weighted by Crippen LogP contribution is -2.37. The molecule has 1 aromatic heterocycles. The number of benzene rings is 1. The molecule has 3 heterocycles. The summed E-state index contributed by atoms with van der Waals surface area (Å²) in [5.74, 6) is -1.06. The Labute approximate surface area is 145 Å². The van der Waals surface area contributed by atoms with Gasteiger partial charge in [-0.15, -0.1) is 0 Å². The summed E-state index contributed by atoms with van der Waals surface area (Å²) in [6.07, 6.45) is 3.87. The summed E-state index contributed by atoms with van der Waals surface area (Å²) in [7, 11) is 0. The van der Waals surface area contributed by atoms with Crippen molar-refractivity contribution in [3.63, 3.8) is 0 Å². The Morgan fingerprint density at radius 3 is 2.80 bits per heavy atom. The number of carbonyl (C=O) groups is 2. The van der Waals surface area contributed by atoms with Crippen molar-refractivity contribution in [2.75, 3.05) is 18.0 Å². The van der Waals surface area contributed by atoms with E-state index in [1.807, 2.05) is 23.2 Å². The summed E-state index contributed by atoms with van der Waals surface area (Å²) in [5.41, 5.74) is 1.28. The highest BCUT2D eigenvalue weighted by molar-refractivity contribution is 6.00. The van der Waals surface area contributed by atoms with Crippen molar-refractivity contribution >= 4 is 17.5 Å². The van der Waals surface area contributed by atoms with E-state index in [-0.39, 0.29) is 36.5 Å². The van der Waals surface area contributed by atoms with Crippen molar-refractivity contribution < 1.29 is 14.0 Å². The maximum absolute atomic E-state index is 14.0. The highest BCUT2D eigenvalue weighted by Crippen LogP contribution is 2.35. The number of likely N-dealkylation sites (tertiary alicyclic amines) is 1. The van der Waals surface area contributed by atoms with Crippen LogP contribution in [0.1, 0.15) is 31.0 Å². The number of rotatable bonds is 3. The van der Waals surface area contributed by atoms with E-state index in [9.17, 15) is 14.0 Å². The number of H-pyrrole nitrogens is 1. The predicted molar refractivity (Wildman–Crippen MR) is 91.3 cm³/mol. The lowest BCUT2D eigenvalue weighted by molar-refractivity contribution is -0.136. The van der Waals surface area contributed by atoms with Crippen LogP contribution in [0.4, 0.5) is 10.1 Å². The average Bonchev–Trinajstić information content (AvgIpc) is 3.35. The molecule has 0 spiro atoms. The minimum absolute atomic E-state index is 0.00992. The number of amides is 2. The summed E-state index contributed by atoms with van der Waals surface area (Å²) in [6.45, 7) is 0.944. The molecule has 130 valence electrons. The molecule has 0 aliphatic carbocycles. The molecule has 2 aliphatic rings. The van der Waals surface area contributed by atoms with Crippen molar-refractivity contribution in [1.82, 2.24) is 9.88 Å². The fourth-order valence-corrected chi connectivity index (χ4v) is 3.92. The zero-order valence-corrected chi connectivity index (χ0v) is 13.8. The van der Waals surface area contributed by atoms with Gasteiger partial charge in [-0.1, -0.05) is 12.1 Å². The van der Waals surface area contributed by atoms with E-state index in [2.05, 4.69) is 4.98 Å². The van der Waals surface area contributed by atoms with E-state index in [1.54, 1.807) is 18.2 Å².